The van der Waals surface area contributed by atoms with Crippen molar-refractivity contribution in [1.29, 1.82) is 0 Å². The number of aromatic nitrogens is 2. The van der Waals surface area contributed by atoms with Crippen LogP contribution in [0.15, 0.2) is 29.6 Å². The second-order valence-electron chi connectivity index (χ2n) is 10.6. The number of halogens is 1. The fourth-order valence-electron chi connectivity index (χ4n) is 5.74. The molecule has 0 saturated carbocycles. The third-order valence-electron chi connectivity index (χ3n) is 7.85. The third-order valence-corrected chi connectivity index (χ3v) is 9.88. The molecule has 1 fully saturated rings. The normalized spacial score (nSPS) is 16.7. The molecule has 0 atom stereocenters. The van der Waals surface area contributed by atoms with Gasteiger partial charge in [-0.3, -0.25) is 0 Å². The lowest BCUT2D eigenvalue weighted by atomic mass is 9.89. The molecule has 0 aliphatic carbocycles. The van der Waals surface area contributed by atoms with Gasteiger partial charge in [-0.15, -0.1) is 22.7 Å². The monoisotopic (exact) mass is 566 g/mol. The Kier molecular flexibility index (Phi) is 7.95. The van der Waals surface area contributed by atoms with E-state index in [-0.39, 0.29) is 5.82 Å². The van der Waals surface area contributed by atoms with Crippen LogP contribution >= 0.6 is 22.7 Å². The van der Waals surface area contributed by atoms with Crippen molar-refractivity contribution in [2.75, 3.05) is 40.0 Å². The van der Waals surface area contributed by atoms with Crippen molar-refractivity contribution < 1.29 is 13.9 Å². The first-order chi connectivity index (χ1) is 19.0. The summed E-state index contributed by atoms with van der Waals surface area (Å²) in [7, 11) is 1.64. The smallest absolute Gasteiger partial charge is 0.143 e. The maximum atomic E-state index is 14.5. The van der Waals surface area contributed by atoms with E-state index in [1.54, 1.807) is 29.8 Å². The van der Waals surface area contributed by atoms with Crippen LogP contribution in [0.3, 0.4) is 0 Å². The van der Waals surface area contributed by atoms with Gasteiger partial charge in [0.05, 0.1) is 18.0 Å². The van der Waals surface area contributed by atoms with Gasteiger partial charge < -0.3 is 19.7 Å². The second kappa shape index (κ2) is 11.6. The van der Waals surface area contributed by atoms with Gasteiger partial charge in [0.25, 0.3) is 0 Å². The summed E-state index contributed by atoms with van der Waals surface area (Å²) in [6.45, 7) is 9.26. The molecule has 4 aromatic rings. The number of piperidine rings is 1. The van der Waals surface area contributed by atoms with Crippen LogP contribution in [0, 0.1) is 5.82 Å². The fraction of sp³-hybridized carbons (Fsp3) is 0.467. The molecule has 3 aromatic heterocycles. The summed E-state index contributed by atoms with van der Waals surface area (Å²) in [5, 5.41) is 7.75. The molecule has 0 bridgehead atoms. The lowest BCUT2D eigenvalue weighted by Crippen LogP contribution is -2.38. The average Bonchev–Trinajstić information content (AvgIpc) is 3.60. The van der Waals surface area contributed by atoms with E-state index in [0.717, 1.165) is 77.7 Å². The first kappa shape index (κ1) is 26.8. The molecular weight excluding hydrogens is 531 g/mol. The van der Waals surface area contributed by atoms with Gasteiger partial charge in [0.1, 0.15) is 28.9 Å². The Morgan fingerprint density at radius 2 is 2.00 bits per heavy atom. The van der Waals surface area contributed by atoms with Crippen molar-refractivity contribution >= 4 is 32.8 Å². The molecule has 0 radical (unpaired) electrons. The molecule has 6 nitrogen and oxygen atoms in total. The average molecular weight is 567 g/mol. The third kappa shape index (κ3) is 5.35. The highest BCUT2D eigenvalue weighted by atomic mass is 32.1. The van der Waals surface area contributed by atoms with E-state index < -0.39 is 0 Å². The summed E-state index contributed by atoms with van der Waals surface area (Å²) >= 11 is 3.44. The number of thiophene rings is 1. The Morgan fingerprint density at radius 1 is 1.15 bits per heavy atom. The molecule has 5 heterocycles. The van der Waals surface area contributed by atoms with E-state index in [4.69, 9.17) is 19.4 Å². The largest absolute Gasteiger partial charge is 0.490 e. The molecule has 206 valence electrons. The Labute approximate surface area is 237 Å². The molecule has 9 heteroatoms. The minimum absolute atomic E-state index is 0.326. The highest BCUT2D eigenvalue weighted by Crippen LogP contribution is 2.47. The highest BCUT2D eigenvalue weighted by molar-refractivity contribution is 7.18. The van der Waals surface area contributed by atoms with E-state index in [2.05, 4.69) is 35.5 Å². The van der Waals surface area contributed by atoms with Gasteiger partial charge in [-0.2, -0.15) is 0 Å². The molecule has 0 amide bonds. The van der Waals surface area contributed by atoms with Gasteiger partial charge in [-0.05, 0) is 63.4 Å². The SMILES string of the molecule is COCCOc1cc(F)ccc1-c1c(-c2nc3c(s2)CNCC3)nc(C2CCN(C(C)C)CC2)c2ccsc12. The fourth-order valence-corrected chi connectivity index (χ4v) is 7.78. The molecule has 0 spiro atoms. The van der Waals surface area contributed by atoms with E-state index >= 15 is 0 Å². The zero-order valence-electron chi connectivity index (χ0n) is 22.8. The van der Waals surface area contributed by atoms with Crippen molar-refractivity contribution in [1.82, 2.24) is 20.2 Å². The lowest BCUT2D eigenvalue weighted by molar-refractivity contribution is 0.146. The number of rotatable bonds is 8. The molecular formula is C30H35FN4O2S2. The highest BCUT2D eigenvalue weighted by Gasteiger charge is 2.29. The Balaban J connectivity index is 1.53. The number of thiazole rings is 1. The van der Waals surface area contributed by atoms with Crippen LogP contribution in [-0.2, 0) is 17.7 Å². The van der Waals surface area contributed by atoms with Crippen molar-refractivity contribution in [3.63, 3.8) is 0 Å². The van der Waals surface area contributed by atoms with Crippen LogP contribution in [0.5, 0.6) is 5.75 Å². The first-order valence-electron chi connectivity index (χ1n) is 13.8. The predicted octanol–water partition coefficient (Wildman–Crippen LogP) is 6.48. The van der Waals surface area contributed by atoms with E-state index in [1.165, 1.54) is 28.1 Å². The van der Waals surface area contributed by atoms with Gasteiger partial charge >= 0.3 is 0 Å². The molecule has 2 aliphatic heterocycles. The van der Waals surface area contributed by atoms with Crippen molar-refractivity contribution in [2.24, 2.45) is 0 Å². The van der Waals surface area contributed by atoms with Crippen LogP contribution in [0.25, 0.3) is 31.9 Å². The topological polar surface area (TPSA) is 59.5 Å². The molecule has 39 heavy (non-hydrogen) atoms. The minimum Gasteiger partial charge on any atom is -0.490 e. The molecule has 1 N–H and O–H groups in total. The molecule has 2 aliphatic rings. The molecule has 6 rings (SSSR count). The first-order valence-corrected chi connectivity index (χ1v) is 15.5. The number of fused-ring (bicyclic) bond motifs is 2. The number of methoxy groups -OCH3 is 1. The molecule has 1 aromatic carbocycles. The number of ether oxygens (including phenoxy) is 2. The van der Waals surface area contributed by atoms with E-state index in [9.17, 15) is 4.39 Å². The number of nitrogens with one attached hydrogen (secondary N) is 1. The Bertz CT molecular complexity index is 1440. The minimum atomic E-state index is -0.326. The maximum absolute atomic E-state index is 14.5. The van der Waals surface area contributed by atoms with Crippen LogP contribution in [0.2, 0.25) is 0 Å². The van der Waals surface area contributed by atoms with E-state index in [0.29, 0.717) is 30.9 Å². The summed E-state index contributed by atoms with van der Waals surface area (Å²) in [6.07, 6.45) is 3.11. The zero-order valence-corrected chi connectivity index (χ0v) is 24.4. The Hall–Kier alpha value is -2.43. The second-order valence-corrected chi connectivity index (χ2v) is 12.6. The number of pyridine rings is 1. The number of benzene rings is 1. The van der Waals surface area contributed by atoms with Crippen molar-refractivity contribution in [3.05, 3.63) is 51.7 Å². The van der Waals surface area contributed by atoms with Gasteiger partial charge in [0.15, 0.2) is 0 Å². The Morgan fingerprint density at radius 3 is 2.77 bits per heavy atom. The van der Waals surface area contributed by atoms with Gasteiger partial charge in [-0.25, -0.2) is 14.4 Å². The van der Waals surface area contributed by atoms with Gasteiger partial charge in [0.2, 0.25) is 0 Å². The van der Waals surface area contributed by atoms with Crippen LogP contribution in [0.1, 0.15) is 48.9 Å². The maximum Gasteiger partial charge on any atom is 0.143 e. The number of hydrogen-bond acceptors (Lipinski definition) is 8. The summed E-state index contributed by atoms with van der Waals surface area (Å²) in [5.74, 6) is 0.574. The van der Waals surface area contributed by atoms with Gasteiger partial charge in [-0.1, -0.05) is 0 Å². The standard InChI is InChI=1S/C30H35FN4O2S2/c1-18(2)35-11-7-19(8-12-35)27-22-9-15-38-29(22)26(21-5-4-20(31)16-24(21)37-14-13-36-3)28(34-27)30-33-23-6-10-32-17-25(23)39-30/h4-5,9,15-16,18-19,32H,6-8,10-14,17H2,1-3H3. The number of nitrogens with zero attached hydrogens (tertiary/aromatic N) is 3. The summed E-state index contributed by atoms with van der Waals surface area (Å²) in [6, 6.07) is 7.57. The number of hydrogen-bond donors (Lipinski definition) is 1. The summed E-state index contributed by atoms with van der Waals surface area (Å²) in [4.78, 5) is 14.4. The zero-order chi connectivity index (χ0) is 26.9. The van der Waals surface area contributed by atoms with Crippen molar-refractivity contribution in [2.45, 2.75) is 51.6 Å². The molecule has 1 saturated heterocycles. The van der Waals surface area contributed by atoms with Gasteiger partial charge in [0, 0.05) is 70.7 Å². The van der Waals surface area contributed by atoms with Crippen LogP contribution in [0.4, 0.5) is 4.39 Å². The van der Waals surface area contributed by atoms with Crippen molar-refractivity contribution in [3.8, 4) is 27.6 Å². The van der Waals surface area contributed by atoms with Crippen LogP contribution in [-0.4, -0.2) is 60.9 Å². The van der Waals surface area contributed by atoms with Crippen LogP contribution < -0.4 is 10.1 Å². The summed E-state index contributed by atoms with van der Waals surface area (Å²) < 4.78 is 26.9. The molecule has 0 unspecified atom stereocenters. The predicted molar refractivity (Wildman–Crippen MR) is 158 cm³/mol. The quantitative estimate of drug-likeness (QED) is 0.246. The number of likely N-dealkylation sites (tertiary alicyclic amines) is 1. The summed E-state index contributed by atoms with van der Waals surface area (Å²) in [5.41, 5.74) is 5.04. The van der Waals surface area contributed by atoms with E-state index in [1.807, 2.05) is 6.07 Å². The lowest BCUT2D eigenvalue weighted by Gasteiger charge is -2.34.